The van der Waals surface area contributed by atoms with Gasteiger partial charge in [0.2, 0.25) is 0 Å². The number of methoxy groups -OCH3 is 1. The van der Waals surface area contributed by atoms with Crippen molar-refractivity contribution in [1.82, 2.24) is 4.90 Å². The fourth-order valence-corrected chi connectivity index (χ4v) is 4.32. The standard InChI is InChI=1S/C18H25NO3/c1-22-15-7-5-6-14(10-15)11-19-12-16(17(20)21)18(13-19)8-3-2-4-9-18/h5-7,10,16H,2-4,8-9,11-13H2,1H3,(H,20,21)/t16-/m0/s1. The quantitative estimate of drug-likeness (QED) is 0.928. The van der Waals surface area contributed by atoms with E-state index in [1.807, 2.05) is 18.2 Å². The minimum Gasteiger partial charge on any atom is -0.497 e. The number of aliphatic carboxylic acids is 1. The number of carbonyl (C=O) groups is 1. The van der Waals surface area contributed by atoms with Crippen LogP contribution in [0.4, 0.5) is 0 Å². The zero-order chi connectivity index (χ0) is 15.6. The number of ether oxygens (including phenoxy) is 1. The summed E-state index contributed by atoms with van der Waals surface area (Å²) in [6, 6.07) is 8.07. The van der Waals surface area contributed by atoms with Gasteiger partial charge in [-0.05, 0) is 36.0 Å². The highest BCUT2D eigenvalue weighted by Crippen LogP contribution is 2.47. The molecule has 1 aromatic rings. The second-order valence-corrected chi connectivity index (χ2v) is 6.84. The summed E-state index contributed by atoms with van der Waals surface area (Å²) < 4.78 is 5.28. The van der Waals surface area contributed by atoms with Crippen molar-refractivity contribution in [3.8, 4) is 5.75 Å². The molecule has 3 rings (SSSR count). The lowest BCUT2D eigenvalue weighted by atomic mass is 9.68. The number of rotatable bonds is 4. The molecule has 1 N–H and O–H groups in total. The molecular weight excluding hydrogens is 278 g/mol. The molecule has 1 saturated carbocycles. The Morgan fingerprint density at radius 1 is 1.36 bits per heavy atom. The average molecular weight is 303 g/mol. The summed E-state index contributed by atoms with van der Waals surface area (Å²) in [5.74, 6) is 0.0345. The molecule has 0 amide bonds. The Kier molecular flexibility index (Phi) is 4.39. The van der Waals surface area contributed by atoms with Crippen LogP contribution in [0.15, 0.2) is 24.3 Å². The van der Waals surface area contributed by atoms with Crippen LogP contribution in [0, 0.1) is 11.3 Å². The molecule has 4 nitrogen and oxygen atoms in total. The van der Waals surface area contributed by atoms with Crippen molar-refractivity contribution in [2.24, 2.45) is 11.3 Å². The van der Waals surface area contributed by atoms with E-state index < -0.39 is 5.97 Å². The number of carboxylic acids is 1. The van der Waals surface area contributed by atoms with Crippen LogP contribution in [0.5, 0.6) is 5.75 Å². The second-order valence-electron chi connectivity index (χ2n) is 6.84. The second kappa shape index (κ2) is 6.29. The predicted molar refractivity (Wildman–Crippen MR) is 84.9 cm³/mol. The lowest BCUT2D eigenvalue weighted by molar-refractivity contribution is -0.145. The van der Waals surface area contributed by atoms with E-state index in [9.17, 15) is 9.90 Å². The van der Waals surface area contributed by atoms with Crippen LogP contribution in [-0.4, -0.2) is 36.2 Å². The Balaban J connectivity index is 1.74. The highest BCUT2D eigenvalue weighted by Gasteiger charge is 2.50. The maximum atomic E-state index is 11.7. The number of benzene rings is 1. The molecular formula is C18H25NO3. The molecule has 2 fully saturated rings. The fourth-order valence-electron chi connectivity index (χ4n) is 4.32. The summed E-state index contributed by atoms with van der Waals surface area (Å²) in [6.45, 7) is 2.40. The van der Waals surface area contributed by atoms with Crippen molar-refractivity contribution in [3.63, 3.8) is 0 Å². The topological polar surface area (TPSA) is 49.8 Å². The van der Waals surface area contributed by atoms with Gasteiger partial charge in [-0.2, -0.15) is 0 Å². The molecule has 120 valence electrons. The molecule has 1 aromatic carbocycles. The maximum absolute atomic E-state index is 11.7. The molecule has 1 spiro atoms. The molecule has 1 saturated heterocycles. The minimum atomic E-state index is -0.616. The summed E-state index contributed by atoms with van der Waals surface area (Å²) >= 11 is 0. The van der Waals surface area contributed by atoms with Crippen molar-refractivity contribution < 1.29 is 14.6 Å². The van der Waals surface area contributed by atoms with Crippen LogP contribution in [0.25, 0.3) is 0 Å². The zero-order valence-corrected chi connectivity index (χ0v) is 13.3. The maximum Gasteiger partial charge on any atom is 0.308 e. The first-order chi connectivity index (χ1) is 10.6. The van der Waals surface area contributed by atoms with Gasteiger partial charge in [-0.3, -0.25) is 9.69 Å². The van der Waals surface area contributed by atoms with Crippen molar-refractivity contribution in [3.05, 3.63) is 29.8 Å². The van der Waals surface area contributed by atoms with E-state index in [4.69, 9.17) is 4.74 Å². The molecule has 0 aromatic heterocycles. The largest absolute Gasteiger partial charge is 0.497 e. The third kappa shape index (κ3) is 2.98. The van der Waals surface area contributed by atoms with Crippen molar-refractivity contribution in [2.45, 2.75) is 38.6 Å². The van der Waals surface area contributed by atoms with Gasteiger partial charge >= 0.3 is 5.97 Å². The lowest BCUT2D eigenvalue weighted by Crippen LogP contribution is -2.36. The fraction of sp³-hybridized carbons (Fsp3) is 0.611. The van der Waals surface area contributed by atoms with E-state index in [1.165, 1.54) is 24.8 Å². The van der Waals surface area contributed by atoms with Gasteiger partial charge in [-0.1, -0.05) is 31.4 Å². The molecule has 0 bridgehead atoms. The van der Waals surface area contributed by atoms with Gasteiger partial charge < -0.3 is 9.84 Å². The van der Waals surface area contributed by atoms with Crippen LogP contribution in [0.3, 0.4) is 0 Å². The predicted octanol–water partition coefficient (Wildman–Crippen LogP) is 3.16. The number of hydrogen-bond acceptors (Lipinski definition) is 3. The number of nitrogens with zero attached hydrogens (tertiary/aromatic N) is 1. The van der Waals surface area contributed by atoms with Gasteiger partial charge in [0.05, 0.1) is 13.0 Å². The summed E-state index contributed by atoms with van der Waals surface area (Å²) in [7, 11) is 1.67. The smallest absolute Gasteiger partial charge is 0.308 e. The summed E-state index contributed by atoms with van der Waals surface area (Å²) in [5, 5.41) is 9.65. The molecule has 4 heteroatoms. The number of carboxylic acid groups (broad SMARTS) is 1. The Morgan fingerprint density at radius 3 is 2.82 bits per heavy atom. The minimum absolute atomic E-state index is 0.00293. The molecule has 1 aliphatic heterocycles. The molecule has 2 aliphatic rings. The first kappa shape index (κ1) is 15.3. The molecule has 1 heterocycles. The monoisotopic (exact) mass is 303 g/mol. The van der Waals surface area contributed by atoms with Crippen LogP contribution in [0.1, 0.15) is 37.7 Å². The van der Waals surface area contributed by atoms with E-state index in [0.717, 1.165) is 31.7 Å². The number of likely N-dealkylation sites (tertiary alicyclic amines) is 1. The Hall–Kier alpha value is -1.55. The molecule has 0 unspecified atom stereocenters. The third-order valence-corrected chi connectivity index (χ3v) is 5.41. The van der Waals surface area contributed by atoms with E-state index in [2.05, 4.69) is 11.0 Å². The average Bonchev–Trinajstić information content (AvgIpc) is 2.86. The normalized spacial score (nSPS) is 24.5. The van der Waals surface area contributed by atoms with Crippen molar-refractivity contribution in [2.75, 3.05) is 20.2 Å². The highest BCUT2D eigenvalue weighted by atomic mass is 16.5. The highest BCUT2D eigenvalue weighted by molar-refractivity contribution is 5.72. The lowest BCUT2D eigenvalue weighted by Gasteiger charge is -2.36. The summed E-state index contributed by atoms with van der Waals surface area (Å²) in [5.41, 5.74) is 1.19. The van der Waals surface area contributed by atoms with Gasteiger partial charge in [0.15, 0.2) is 0 Å². The molecule has 1 atom stereocenters. The molecule has 1 aliphatic carbocycles. The number of hydrogen-bond donors (Lipinski definition) is 1. The molecule has 22 heavy (non-hydrogen) atoms. The first-order valence-electron chi connectivity index (χ1n) is 8.21. The Morgan fingerprint density at radius 2 is 2.14 bits per heavy atom. The van der Waals surface area contributed by atoms with Gasteiger partial charge in [-0.25, -0.2) is 0 Å². The summed E-state index contributed by atoms with van der Waals surface area (Å²) in [6.07, 6.45) is 5.74. The van der Waals surface area contributed by atoms with Crippen molar-refractivity contribution >= 4 is 5.97 Å². The third-order valence-electron chi connectivity index (χ3n) is 5.41. The van der Waals surface area contributed by atoms with E-state index >= 15 is 0 Å². The van der Waals surface area contributed by atoms with Crippen LogP contribution in [-0.2, 0) is 11.3 Å². The zero-order valence-electron chi connectivity index (χ0n) is 13.3. The van der Waals surface area contributed by atoms with Crippen molar-refractivity contribution in [1.29, 1.82) is 0 Å². The first-order valence-corrected chi connectivity index (χ1v) is 8.21. The summed E-state index contributed by atoms with van der Waals surface area (Å²) in [4.78, 5) is 14.0. The Bertz CT molecular complexity index is 537. The van der Waals surface area contributed by atoms with Gasteiger partial charge in [0.1, 0.15) is 5.75 Å². The van der Waals surface area contributed by atoms with Gasteiger partial charge in [0.25, 0.3) is 0 Å². The van der Waals surface area contributed by atoms with Gasteiger partial charge in [-0.15, -0.1) is 0 Å². The van der Waals surface area contributed by atoms with Crippen LogP contribution < -0.4 is 4.74 Å². The SMILES string of the molecule is COc1cccc(CN2C[C@@H](C(=O)O)C3(CCCCC3)C2)c1. The van der Waals surface area contributed by atoms with Gasteiger partial charge in [0, 0.05) is 19.6 Å². The molecule has 0 radical (unpaired) electrons. The van der Waals surface area contributed by atoms with E-state index in [0.29, 0.717) is 6.54 Å². The van der Waals surface area contributed by atoms with Crippen LogP contribution in [0.2, 0.25) is 0 Å². The van der Waals surface area contributed by atoms with E-state index in [1.54, 1.807) is 7.11 Å². The Labute approximate surface area is 132 Å². The van der Waals surface area contributed by atoms with Crippen LogP contribution >= 0.6 is 0 Å². The van der Waals surface area contributed by atoms with E-state index in [-0.39, 0.29) is 11.3 Å².